The second-order valence-corrected chi connectivity index (χ2v) is 4.29. The highest BCUT2D eigenvalue weighted by Gasteiger charge is 2.19. The van der Waals surface area contributed by atoms with Gasteiger partial charge in [-0.25, -0.2) is 4.79 Å². The Morgan fingerprint density at radius 1 is 1.39 bits per heavy atom. The van der Waals surface area contributed by atoms with Crippen molar-refractivity contribution < 1.29 is 14.3 Å². The molecule has 1 aromatic heterocycles. The molecule has 0 aliphatic carbocycles. The number of hydrogen-bond acceptors (Lipinski definition) is 4. The lowest BCUT2D eigenvalue weighted by Crippen LogP contribution is -2.14. The van der Waals surface area contributed by atoms with Gasteiger partial charge in [0.25, 0.3) is 0 Å². The molecule has 0 saturated carbocycles. The maximum atomic E-state index is 11.8. The number of fused-ring (bicyclic) bond motifs is 1. The molecule has 2 aromatic rings. The van der Waals surface area contributed by atoms with E-state index in [2.05, 4.69) is 0 Å². The number of rotatable bonds is 3. The lowest BCUT2D eigenvalue weighted by Gasteiger charge is -2.05. The van der Waals surface area contributed by atoms with E-state index in [9.17, 15) is 14.7 Å². The molecule has 0 saturated heterocycles. The molecule has 18 heavy (non-hydrogen) atoms. The van der Waals surface area contributed by atoms with Crippen LogP contribution in [0, 0.1) is 6.92 Å². The van der Waals surface area contributed by atoms with Crippen LogP contribution >= 0.6 is 0 Å². The molecule has 1 N–H and O–H groups in total. The largest absolute Gasteiger partial charge is 0.506 e. The van der Waals surface area contributed by atoms with Gasteiger partial charge in [0.1, 0.15) is 16.9 Å². The summed E-state index contributed by atoms with van der Waals surface area (Å²) in [6.07, 6.45) is 0.833. The van der Waals surface area contributed by atoms with Gasteiger partial charge in [0.05, 0.1) is 5.39 Å². The molecule has 0 amide bonds. The summed E-state index contributed by atoms with van der Waals surface area (Å²) < 4.78 is 5.06. The first-order valence-corrected chi connectivity index (χ1v) is 5.84. The Morgan fingerprint density at radius 2 is 2.11 bits per heavy atom. The topological polar surface area (TPSA) is 67.5 Å². The van der Waals surface area contributed by atoms with Crippen LogP contribution in [0.5, 0.6) is 5.75 Å². The molecular weight excluding hydrogens is 232 g/mol. The van der Waals surface area contributed by atoms with E-state index in [1.807, 2.05) is 13.8 Å². The van der Waals surface area contributed by atoms with Gasteiger partial charge in [-0.2, -0.15) is 0 Å². The fraction of sp³-hybridized carbons (Fsp3) is 0.286. The van der Waals surface area contributed by atoms with Crippen molar-refractivity contribution in [3.8, 4) is 5.75 Å². The van der Waals surface area contributed by atoms with E-state index < -0.39 is 5.63 Å². The minimum Gasteiger partial charge on any atom is -0.506 e. The molecule has 4 nitrogen and oxygen atoms in total. The highest BCUT2D eigenvalue weighted by molar-refractivity contribution is 6.02. The van der Waals surface area contributed by atoms with Crippen LogP contribution in [-0.2, 0) is 0 Å². The lowest BCUT2D eigenvalue weighted by atomic mass is 10.0. The van der Waals surface area contributed by atoms with Gasteiger partial charge in [0, 0.05) is 6.42 Å². The van der Waals surface area contributed by atoms with Crippen molar-refractivity contribution in [1.82, 2.24) is 0 Å². The number of carbonyl (C=O) groups is 1. The average molecular weight is 246 g/mol. The Labute approximate surface area is 104 Å². The minimum absolute atomic E-state index is 0.218. The van der Waals surface area contributed by atoms with Crippen LogP contribution in [0.2, 0.25) is 0 Å². The fourth-order valence-corrected chi connectivity index (χ4v) is 1.90. The number of Topliss-reactive ketones (excluding diaryl/α,β-unsaturated/α-hetero) is 1. The fourth-order valence-electron chi connectivity index (χ4n) is 1.90. The summed E-state index contributed by atoms with van der Waals surface area (Å²) in [7, 11) is 0. The Morgan fingerprint density at radius 3 is 2.78 bits per heavy atom. The van der Waals surface area contributed by atoms with Crippen molar-refractivity contribution >= 4 is 16.8 Å². The van der Waals surface area contributed by atoms with Gasteiger partial charge >= 0.3 is 5.63 Å². The second kappa shape index (κ2) is 4.64. The summed E-state index contributed by atoms with van der Waals surface area (Å²) in [5.74, 6) is -0.657. The van der Waals surface area contributed by atoms with Crippen molar-refractivity contribution in [2.45, 2.75) is 26.7 Å². The van der Waals surface area contributed by atoms with E-state index in [0.717, 1.165) is 5.56 Å². The van der Waals surface area contributed by atoms with Gasteiger partial charge in [-0.3, -0.25) is 4.79 Å². The van der Waals surface area contributed by atoms with Crippen LogP contribution in [-0.4, -0.2) is 10.9 Å². The third-order valence-electron chi connectivity index (χ3n) is 2.79. The molecule has 1 heterocycles. The van der Waals surface area contributed by atoms with E-state index in [-0.39, 0.29) is 29.1 Å². The van der Waals surface area contributed by atoms with Crippen LogP contribution in [0.15, 0.2) is 27.4 Å². The maximum absolute atomic E-state index is 11.8. The van der Waals surface area contributed by atoms with Crippen molar-refractivity contribution in [2.75, 3.05) is 0 Å². The first-order chi connectivity index (χ1) is 8.54. The first-order valence-electron chi connectivity index (χ1n) is 5.84. The third kappa shape index (κ3) is 2.01. The highest BCUT2D eigenvalue weighted by atomic mass is 16.4. The molecule has 2 rings (SSSR count). The zero-order chi connectivity index (χ0) is 13.3. The first kappa shape index (κ1) is 12.4. The number of ketones is 1. The lowest BCUT2D eigenvalue weighted by molar-refractivity contribution is 0.0975. The Bertz CT molecular complexity index is 667. The molecule has 0 aliphatic rings. The van der Waals surface area contributed by atoms with Crippen LogP contribution in [0.25, 0.3) is 11.0 Å². The van der Waals surface area contributed by atoms with Crippen molar-refractivity contribution in [3.63, 3.8) is 0 Å². The minimum atomic E-state index is -0.776. The maximum Gasteiger partial charge on any atom is 0.351 e. The Balaban J connectivity index is 2.75. The predicted octanol–water partition coefficient (Wildman–Crippen LogP) is 2.79. The van der Waals surface area contributed by atoms with Gasteiger partial charge in [-0.15, -0.1) is 0 Å². The van der Waals surface area contributed by atoms with Crippen LogP contribution in [0.3, 0.4) is 0 Å². The third-order valence-corrected chi connectivity index (χ3v) is 2.79. The van der Waals surface area contributed by atoms with E-state index >= 15 is 0 Å². The van der Waals surface area contributed by atoms with Crippen LogP contribution < -0.4 is 5.63 Å². The zero-order valence-electron chi connectivity index (χ0n) is 10.3. The Kier molecular flexibility index (Phi) is 3.19. The van der Waals surface area contributed by atoms with Crippen molar-refractivity contribution in [3.05, 3.63) is 39.7 Å². The summed E-state index contributed by atoms with van der Waals surface area (Å²) in [5.41, 5.74) is 0.189. The molecule has 0 atom stereocenters. The smallest absolute Gasteiger partial charge is 0.351 e. The molecule has 0 bridgehead atoms. The van der Waals surface area contributed by atoms with E-state index in [1.165, 1.54) is 0 Å². The van der Waals surface area contributed by atoms with E-state index in [0.29, 0.717) is 11.8 Å². The van der Waals surface area contributed by atoms with Crippen LogP contribution in [0.4, 0.5) is 0 Å². The summed E-state index contributed by atoms with van der Waals surface area (Å²) >= 11 is 0. The van der Waals surface area contributed by atoms with Gasteiger partial charge < -0.3 is 9.52 Å². The second-order valence-electron chi connectivity index (χ2n) is 4.29. The quantitative estimate of drug-likeness (QED) is 0.668. The zero-order valence-corrected chi connectivity index (χ0v) is 10.3. The summed E-state index contributed by atoms with van der Waals surface area (Å²) in [6, 6.07) is 5.08. The number of hydrogen-bond donors (Lipinski definition) is 1. The number of benzene rings is 1. The van der Waals surface area contributed by atoms with Gasteiger partial charge in [0.15, 0.2) is 5.78 Å². The molecule has 0 unspecified atom stereocenters. The summed E-state index contributed by atoms with van der Waals surface area (Å²) in [5, 5.41) is 10.5. The summed E-state index contributed by atoms with van der Waals surface area (Å²) in [4.78, 5) is 23.5. The van der Waals surface area contributed by atoms with Crippen molar-refractivity contribution in [2.24, 2.45) is 0 Å². The normalized spacial score (nSPS) is 10.8. The van der Waals surface area contributed by atoms with Crippen LogP contribution in [0.1, 0.15) is 35.7 Å². The molecule has 4 heteroatoms. The monoisotopic (exact) mass is 246 g/mol. The summed E-state index contributed by atoms with van der Waals surface area (Å²) in [6.45, 7) is 3.69. The SMILES string of the molecule is CCCC(=O)c1c(O)c2cc(C)ccc2oc1=O. The predicted molar refractivity (Wildman–Crippen MR) is 68.1 cm³/mol. The molecule has 0 fully saturated rings. The van der Waals surface area contributed by atoms with E-state index in [1.54, 1.807) is 18.2 Å². The van der Waals surface area contributed by atoms with Gasteiger partial charge in [0.2, 0.25) is 0 Å². The molecule has 1 aromatic carbocycles. The number of aromatic hydroxyl groups is 1. The molecule has 94 valence electrons. The van der Waals surface area contributed by atoms with Crippen molar-refractivity contribution in [1.29, 1.82) is 0 Å². The average Bonchev–Trinajstić information content (AvgIpc) is 2.31. The van der Waals surface area contributed by atoms with Gasteiger partial charge in [-0.05, 0) is 25.5 Å². The highest BCUT2D eigenvalue weighted by Crippen LogP contribution is 2.27. The van der Waals surface area contributed by atoms with Gasteiger partial charge in [-0.1, -0.05) is 18.6 Å². The number of aryl methyl sites for hydroxylation is 1. The van der Waals surface area contributed by atoms with E-state index in [4.69, 9.17) is 4.42 Å². The molecular formula is C14H14O4. The molecule has 0 aliphatic heterocycles. The Hall–Kier alpha value is -2.10. The number of carbonyl (C=O) groups excluding carboxylic acids is 1. The molecule has 0 radical (unpaired) electrons. The standard InChI is InChI=1S/C14H14O4/c1-3-4-10(15)12-13(16)9-7-8(2)5-6-11(9)18-14(12)17/h5-7,16H,3-4H2,1-2H3. The molecule has 0 spiro atoms.